The number of hydrogen-bond acceptors (Lipinski definition) is 2. The van der Waals surface area contributed by atoms with Crippen LogP contribution in [0, 0.1) is 6.92 Å². The van der Waals surface area contributed by atoms with Crippen molar-refractivity contribution in [1.29, 1.82) is 0 Å². The molecule has 0 aliphatic heterocycles. The highest BCUT2D eigenvalue weighted by Crippen LogP contribution is 2.32. The fraction of sp³-hybridized carbons (Fsp3) is 0.333. The van der Waals surface area contributed by atoms with E-state index in [1.807, 2.05) is 0 Å². The van der Waals surface area contributed by atoms with Gasteiger partial charge in [0.2, 0.25) is 0 Å². The van der Waals surface area contributed by atoms with Gasteiger partial charge in [0, 0.05) is 26.8 Å². The molecule has 0 spiro atoms. The molecule has 2 rings (SSSR count). The molecule has 1 atom stereocenters. The Labute approximate surface area is 132 Å². The van der Waals surface area contributed by atoms with Crippen molar-refractivity contribution >= 4 is 38.9 Å². The van der Waals surface area contributed by atoms with Gasteiger partial charge in [-0.1, -0.05) is 36.7 Å². The van der Waals surface area contributed by atoms with E-state index in [0.717, 1.165) is 23.6 Å². The van der Waals surface area contributed by atoms with Crippen molar-refractivity contribution in [3.8, 4) is 0 Å². The largest absolute Gasteiger partial charge is 0.310 e. The molecule has 1 aromatic heterocycles. The zero-order valence-corrected chi connectivity index (χ0v) is 14.2. The predicted octanol–water partition coefficient (Wildman–Crippen LogP) is 5.37. The van der Waals surface area contributed by atoms with Crippen LogP contribution in [-0.2, 0) is 6.42 Å². The van der Waals surface area contributed by atoms with Crippen molar-refractivity contribution in [2.45, 2.75) is 26.3 Å². The van der Waals surface area contributed by atoms with Gasteiger partial charge in [-0.25, -0.2) is 0 Å². The Morgan fingerprint density at radius 2 is 2.16 bits per heavy atom. The summed E-state index contributed by atoms with van der Waals surface area (Å²) in [5.74, 6) is 0. The fourth-order valence-electron chi connectivity index (χ4n) is 2.13. The van der Waals surface area contributed by atoms with Gasteiger partial charge in [-0.15, -0.1) is 11.3 Å². The fourth-order valence-corrected chi connectivity index (χ4v) is 3.95. The average Bonchev–Trinajstić information content (AvgIpc) is 2.78. The van der Waals surface area contributed by atoms with Gasteiger partial charge in [0.1, 0.15) is 0 Å². The number of likely N-dealkylation sites (N-methyl/N-ethyl adjacent to an activating group) is 1. The maximum absolute atomic E-state index is 6.46. The standard InChI is InChI=1S/C15H17BrClNS/c1-3-18-13(9-14-12(16)7-8-19-14)11-6-4-5-10(2)15(11)17/h4-8,13,18H,3,9H2,1-2H3. The smallest absolute Gasteiger partial charge is 0.0483 e. The van der Waals surface area contributed by atoms with Gasteiger partial charge in [-0.05, 0) is 52.0 Å². The van der Waals surface area contributed by atoms with E-state index in [9.17, 15) is 0 Å². The van der Waals surface area contributed by atoms with Gasteiger partial charge in [0.25, 0.3) is 0 Å². The lowest BCUT2D eigenvalue weighted by molar-refractivity contribution is 0.552. The number of nitrogens with one attached hydrogen (secondary N) is 1. The van der Waals surface area contributed by atoms with Crippen LogP contribution >= 0.6 is 38.9 Å². The Kier molecular flexibility index (Phi) is 5.46. The van der Waals surface area contributed by atoms with Crippen LogP contribution in [0.1, 0.15) is 29.0 Å². The molecule has 0 radical (unpaired) electrons. The third kappa shape index (κ3) is 3.60. The van der Waals surface area contributed by atoms with Gasteiger partial charge < -0.3 is 5.32 Å². The van der Waals surface area contributed by atoms with Crippen molar-refractivity contribution in [3.05, 3.63) is 55.1 Å². The predicted molar refractivity (Wildman–Crippen MR) is 88.3 cm³/mol. The van der Waals surface area contributed by atoms with Crippen molar-refractivity contribution in [1.82, 2.24) is 5.32 Å². The molecule has 0 amide bonds. The minimum atomic E-state index is 0.257. The third-order valence-corrected chi connectivity index (χ3v) is 5.59. The van der Waals surface area contributed by atoms with E-state index >= 15 is 0 Å². The molecule has 1 heterocycles. The Balaban J connectivity index is 2.29. The molecule has 1 nitrogen and oxygen atoms in total. The second kappa shape index (κ2) is 6.89. The van der Waals surface area contributed by atoms with Crippen LogP contribution in [0.4, 0.5) is 0 Å². The van der Waals surface area contributed by atoms with Gasteiger partial charge in [-0.2, -0.15) is 0 Å². The third-order valence-electron chi connectivity index (χ3n) is 3.13. The molecule has 0 saturated carbocycles. The van der Waals surface area contributed by atoms with Crippen LogP contribution in [-0.4, -0.2) is 6.54 Å². The van der Waals surface area contributed by atoms with Gasteiger partial charge >= 0.3 is 0 Å². The molecule has 19 heavy (non-hydrogen) atoms. The Hall–Kier alpha value is -0.350. The maximum atomic E-state index is 6.46. The SMILES string of the molecule is CCNC(Cc1sccc1Br)c1cccc(C)c1Cl. The molecule has 0 fully saturated rings. The lowest BCUT2D eigenvalue weighted by Crippen LogP contribution is -2.23. The van der Waals surface area contributed by atoms with Crippen molar-refractivity contribution in [3.63, 3.8) is 0 Å². The van der Waals surface area contributed by atoms with Crippen LogP contribution in [0.3, 0.4) is 0 Å². The summed E-state index contributed by atoms with van der Waals surface area (Å²) in [6, 6.07) is 8.60. The number of thiophene rings is 1. The molecule has 1 N–H and O–H groups in total. The second-order valence-corrected chi connectivity index (χ2v) is 6.72. The second-order valence-electron chi connectivity index (χ2n) is 4.48. The Morgan fingerprint density at radius 3 is 2.79 bits per heavy atom. The first-order valence-corrected chi connectivity index (χ1v) is 8.38. The normalized spacial score (nSPS) is 12.6. The lowest BCUT2D eigenvalue weighted by atomic mass is 10.0. The van der Waals surface area contributed by atoms with E-state index in [1.54, 1.807) is 11.3 Å². The lowest BCUT2D eigenvalue weighted by Gasteiger charge is -2.20. The summed E-state index contributed by atoms with van der Waals surface area (Å²) in [7, 11) is 0. The summed E-state index contributed by atoms with van der Waals surface area (Å²) in [5, 5.41) is 6.52. The van der Waals surface area contributed by atoms with E-state index in [1.165, 1.54) is 14.9 Å². The molecule has 1 unspecified atom stereocenters. The zero-order chi connectivity index (χ0) is 13.8. The first-order valence-electron chi connectivity index (χ1n) is 6.33. The molecule has 0 aliphatic rings. The molecule has 0 saturated heterocycles. The van der Waals surface area contributed by atoms with Crippen molar-refractivity contribution < 1.29 is 0 Å². The van der Waals surface area contributed by atoms with E-state index in [0.29, 0.717) is 0 Å². The van der Waals surface area contributed by atoms with Crippen molar-refractivity contribution in [2.75, 3.05) is 6.54 Å². The molecule has 4 heteroatoms. The van der Waals surface area contributed by atoms with E-state index < -0.39 is 0 Å². The summed E-state index contributed by atoms with van der Waals surface area (Å²) >= 11 is 11.8. The van der Waals surface area contributed by atoms with E-state index in [2.05, 4.69) is 64.7 Å². The topological polar surface area (TPSA) is 12.0 Å². The van der Waals surface area contributed by atoms with Crippen LogP contribution in [0.2, 0.25) is 5.02 Å². The number of halogens is 2. The van der Waals surface area contributed by atoms with Crippen molar-refractivity contribution in [2.24, 2.45) is 0 Å². The Morgan fingerprint density at radius 1 is 1.37 bits per heavy atom. The molecule has 1 aromatic carbocycles. The number of benzene rings is 1. The quantitative estimate of drug-likeness (QED) is 0.758. The zero-order valence-electron chi connectivity index (χ0n) is 11.0. The van der Waals surface area contributed by atoms with Gasteiger partial charge in [0.05, 0.1) is 0 Å². The molecule has 2 aromatic rings. The first kappa shape index (κ1) is 15.0. The highest BCUT2D eigenvalue weighted by atomic mass is 79.9. The van der Waals surface area contributed by atoms with Crippen LogP contribution in [0.15, 0.2) is 34.1 Å². The molecule has 102 valence electrons. The van der Waals surface area contributed by atoms with E-state index in [4.69, 9.17) is 11.6 Å². The number of rotatable bonds is 5. The highest BCUT2D eigenvalue weighted by Gasteiger charge is 2.17. The van der Waals surface area contributed by atoms with Gasteiger partial charge in [0.15, 0.2) is 0 Å². The molecule has 0 bridgehead atoms. The minimum Gasteiger partial charge on any atom is -0.310 e. The van der Waals surface area contributed by atoms with Crippen LogP contribution < -0.4 is 5.32 Å². The van der Waals surface area contributed by atoms with E-state index in [-0.39, 0.29) is 6.04 Å². The summed E-state index contributed by atoms with van der Waals surface area (Å²) in [6.45, 7) is 5.11. The molecular formula is C15H17BrClNS. The summed E-state index contributed by atoms with van der Waals surface area (Å²) < 4.78 is 1.18. The van der Waals surface area contributed by atoms with Gasteiger partial charge in [-0.3, -0.25) is 0 Å². The number of aryl methyl sites for hydroxylation is 1. The average molecular weight is 359 g/mol. The van der Waals surface area contributed by atoms with Crippen LogP contribution in [0.25, 0.3) is 0 Å². The molecule has 0 aliphatic carbocycles. The molecular weight excluding hydrogens is 342 g/mol. The summed E-state index contributed by atoms with van der Waals surface area (Å²) in [4.78, 5) is 1.35. The Bertz CT molecular complexity index is 553. The maximum Gasteiger partial charge on any atom is 0.0483 e. The monoisotopic (exact) mass is 357 g/mol. The number of hydrogen-bond donors (Lipinski definition) is 1. The summed E-state index contributed by atoms with van der Waals surface area (Å²) in [6.07, 6.45) is 0.954. The highest BCUT2D eigenvalue weighted by molar-refractivity contribution is 9.10. The minimum absolute atomic E-state index is 0.257. The summed E-state index contributed by atoms with van der Waals surface area (Å²) in [5.41, 5.74) is 2.32. The first-order chi connectivity index (χ1) is 9.13. The van der Waals surface area contributed by atoms with Crippen LogP contribution in [0.5, 0.6) is 0 Å².